The lowest BCUT2D eigenvalue weighted by molar-refractivity contribution is -0.0553. The number of unbranched alkanes of at least 4 members (excludes halogenated alkanes) is 1. The van der Waals surface area contributed by atoms with Crippen LogP contribution in [0.4, 0.5) is 0 Å². The fourth-order valence-corrected chi connectivity index (χ4v) is 1.38. The third-order valence-corrected chi connectivity index (χ3v) is 2.26. The van der Waals surface area contributed by atoms with Gasteiger partial charge in [-0.2, -0.15) is 0 Å². The smallest absolute Gasteiger partial charge is 0.0597 e. The number of hydrogen-bond donors (Lipinski definition) is 0. The van der Waals surface area contributed by atoms with Crippen LogP contribution in [0.5, 0.6) is 0 Å². The van der Waals surface area contributed by atoms with E-state index in [0.717, 1.165) is 11.9 Å². The molecule has 54 valence electrons. The van der Waals surface area contributed by atoms with Gasteiger partial charge in [0.15, 0.2) is 0 Å². The van der Waals surface area contributed by atoms with Gasteiger partial charge < -0.3 is 4.74 Å². The van der Waals surface area contributed by atoms with Gasteiger partial charge in [-0.25, -0.2) is 0 Å². The average molecular weight is 193 g/mol. The minimum Gasteiger partial charge on any atom is -0.378 e. The summed E-state index contributed by atoms with van der Waals surface area (Å²) in [4.78, 5) is 0. The average Bonchev–Trinajstić information content (AvgIpc) is 1.76. The molecule has 1 aliphatic rings. The Morgan fingerprint density at radius 3 is 2.67 bits per heavy atom. The molecule has 0 radical (unpaired) electrons. The number of ether oxygens (including phenoxy) is 1. The topological polar surface area (TPSA) is 9.23 Å². The van der Waals surface area contributed by atoms with E-state index in [1.54, 1.807) is 0 Å². The van der Waals surface area contributed by atoms with Gasteiger partial charge in [0.25, 0.3) is 0 Å². The molecule has 0 aliphatic carbocycles. The molecule has 0 aromatic heterocycles. The Bertz CT molecular complexity index is 71.3. The maximum Gasteiger partial charge on any atom is 0.0597 e. The monoisotopic (exact) mass is 192 g/mol. The van der Waals surface area contributed by atoms with Crippen LogP contribution in [0.1, 0.15) is 25.7 Å². The quantitative estimate of drug-likeness (QED) is 0.491. The Kier molecular flexibility index (Phi) is 3.59. The van der Waals surface area contributed by atoms with Crippen LogP contribution < -0.4 is 0 Å². The van der Waals surface area contributed by atoms with Gasteiger partial charge in [-0.1, -0.05) is 22.4 Å². The molecular weight excluding hydrogens is 180 g/mol. The van der Waals surface area contributed by atoms with Crippen LogP contribution in [0.15, 0.2) is 0 Å². The van der Waals surface area contributed by atoms with Crippen molar-refractivity contribution in [3.8, 4) is 0 Å². The third kappa shape index (κ3) is 2.67. The largest absolute Gasteiger partial charge is 0.378 e. The molecule has 0 N–H and O–H groups in total. The van der Waals surface area contributed by atoms with E-state index in [0.29, 0.717) is 6.10 Å². The maximum atomic E-state index is 5.26. The summed E-state index contributed by atoms with van der Waals surface area (Å²) in [6.45, 7) is 0.999. The van der Waals surface area contributed by atoms with Crippen LogP contribution in [0, 0.1) is 0 Å². The molecule has 1 atom stereocenters. The minimum absolute atomic E-state index is 0.615. The first-order chi connectivity index (χ1) is 4.43. The third-order valence-electron chi connectivity index (χ3n) is 1.70. The molecule has 0 amide bonds. The Morgan fingerprint density at radius 2 is 2.22 bits per heavy atom. The van der Waals surface area contributed by atoms with E-state index in [1.807, 2.05) is 0 Å². The Morgan fingerprint density at radius 1 is 1.44 bits per heavy atom. The highest BCUT2D eigenvalue weighted by Gasteiger charge is 2.16. The number of halogens is 1. The second-order valence-electron chi connectivity index (χ2n) is 2.47. The van der Waals surface area contributed by atoms with Gasteiger partial charge in [-0.3, -0.25) is 0 Å². The summed E-state index contributed by atoms with van der Waals surface area (Å²) in [6, 6.07) is 0. The zero-order chi connectivity index (χ0) is 6.53. The van der Waals surface area contributed by atoms with E-state index in [-0.39, 0.29) is 0 Å². The van der Waals surface area contributed by atoms with E-state index < -0.39 is 0 Å². The highest BCUT2D eigenvalue weighted by molar-refractivity contribution is 9.09. The van der Waals surface area contributed by atoms with E-state index in [4.69, 9.17) is 4.74 Å². The Balaban J connectivity index is 1.80. The van der Waals surface area contributed by atoms with Gasteiger partial charge in [-0.15, -0.1) is 0 Å². The molecule has 0 spiro atoms. The van der Waals surface area contributed by atoms with Crippen molar-refractivity contribution < 1.29 is 4.74 Å². The first kappa shape index (κ1) is 7.55. The van der Waals surface area contributed by atoms with Gasteiger partial charge in [0, 0.05) is 11.9 Å². The van der Waals surface area contributed by atoms with Crippen molar-refractivity contribution in [3.63, 3.8) is 0 Å². The molecule has 0 aromatic rings. The second kappa shape index (κ2) is 4.29. The molecule has 1 heterocycles. The highest BCUT2D eigenvalue weighted by Crippen LogP contribution is 2.17. The molecule has 1 saturated heterocycles. The van der Waals surface area contributed by atoms with Crippen LogP contribution in [-0.4, -0.2) is 18.0 Å². The van der Waals surface area contributed by atoms with Crippen molar-refractivity contribution in [3.05, 3.63) is 0 Å². The summed E-state index contributed by atoms with van der Waals surface area (Å²) in [5, 5.41) is 1.14. The second-order valence-corrected chi connectivity index (χ2v) is 3.26. The molecule has 9 heavy (non-hydrogen) atoms. The highest BCUT2D eigenvalue weighted by atomic mass is 79.9. The van der Waals surface area contributed by atoms with E-state index in [1.165, 1.54) is 25.7 Å². The molecule has 0 aromatic carbocycles. The van der Waals surface area contributed by atoms with Crippen LogP contribution in [0.3, 0.4) is 0 Å². The summed E-state index contributed by atoms with van der Waals surface area (Å²) in [5.41, 5.74) is 0. The SMILES string of the molecule is BrCCCCC1CCO1. The van der Waals surface area contributed by atoms with Crippen LogP contribution in [-0.2, 0) is 4.74 Å². The molecule has 1 fully saturated rings. The summed E-state index contributed by atoms with van der Waals surface area (Å²) >= 11 is 3.40. The molecule has 1 rings (SSSR count). The Labute approximate surface area is 64.9 Å². The lowest BCUT2D eigenvalue weighted by Gasteiger charge is -2.26. The lowest BCUT2D eigenvalue weighted by atomic mass is 10.1. The predicted molar refractivity (Wildman–Crippen MR) is 42.0 cm³/mol. The molecule has 0 saturated carbocycles. The van der Waals surface area contributed by atoms with Crippen molar-refractivity contribution in [2.75, 3.05) is 11.9 Å². The van der Waals surface area contributed by atoms with Crippen molar-refractivity contribution in [2.24, 2.45) is 0 Å². The summed E-state index contributed by atoms with van der Waals surface area (Å²) < 4.78 is 5.26. The van der Waals surface area contributed by atoms with Crippen molar-refractivity contribution in [1.82, 2.24) is 0 Å². The summed E-state index contributed by atoms with van der Waals surface area (Å²) in [6.07, 6.45) is 5.79. The fourth-order valence-electron chi connectivity index (χ4n) is 0.979. The van der Waals surface area contributed by atoms with Crippen LogP contribution in [0.25, 0.3) is 0 Å². The number of alkyl halides is 1. The molecule has 1 nitrogen and oxygen atoms in total. The molecule has 1 aliphatic heterocycles. The van der Waals surface area contributed by atoms with Gasteiger partial charge in [0.1, 0.15) is 0 Å². The number of hydrogen-bond acceptors (Lipinski definition) is 1. The Hall–Kier alpha value is 0.440. The minimum atomic E-state index is 0.615. The number of rotatable bonds is 4. The summed E-state index contributed by atoms with van der Waals surface area (Å²) in [5.74, 6) is 0. The van der Waals surface area contributed by atoms with E-state index in [9.17, 15) is 0 Å². The van der Waals surface area contributed by atoms with Gasteiger partial charge in [0.05, 0.1) is 6.10 Å². The van der Waals surface area contributed by atoms with E-state index >= 15 is 0 Å². The first-order valence-corrected chi connectivity index (χ1v) is 4.73. The zero-order valence-electron chi connectivity index (χ0n) is 5.61. The van der Waals surface area contributed by atoms with Crippen molar-refractivity contribution in [1.29, 1.82) is 0 Å². The maximum absolute atomic E-state index is 5.26. The zero-order valence-corrected chi connectivity index (χ0v) is 7.19. The van der Waals surface area contributed by atoms with Crippen molar-refractivity contribution >= 4 is 15.9 Å². The first-order valence-electron chi connectivity index (χ1n) is 3.61. The molecule has 2 heteroatoms. The van der Waals surface area contributed by atoms with E-state index in [2.05, 4.69) is 15.9 Å². The fraction of sp³-hybridized carbons (Fsp3) is 1.00. The molecule has 1 unspecified atom stereocenters. The van der Waals surface area contributed by atoms with Crippen molar-refractivity contribution in [2.45, 2.75) is 31.8 Å². The molecular formula is C7H13BrO. The summed E-state index contributed by atoms with van der Waals surface area (Å²) in [7, 11) is 0. The standard InChI is InChI=1S/C7H13BrO/c8-5-2-1-3-7-4-6-9-7/h7H,1-6H2. The van der Waals surface area contributed by atoms with Gasteiger partial charge >= 0.3 is 0 Å². The molecule has 0 bridgehead atoms. The van der Waals surface area contributed by atoms with Crippen LogP contribution in [0.2, 0.25) is 0 Å². The van der Waals surface area contributed by atoms with Gasteiger partial charge in [-0.05, 0) is 19.3 Å². The van der Waals surface area contributed by atoms with Crippen LogP contribution >= 0.6 is 15.9 Å². The normalized spacial score (nSPS) is 25.7. The predicted octanol–water partition coefficient (Wildman–Crippen LogP) is 2.34. The van der Waals surface area contributed by atoms with Gasteiger partial charge in [0.2, 0.25) is 0 Å². The lowest BCUT2D eigenvalue weighted by Crippen LogP contribution is -2.26.